The zero-order chi connectivity index (χ0) is 16.4. The molecule has 1 atom stereocenters. The van der Waals surface area contributed by atoms with Gasteiger partial charge in [0.25, 0.3) is 0 Å². The molecule has 0 bridgehead atoms. The van der Waals surface area contributed by atoms with Crippen molar-refractivity contribution < 1.29 is 0 Å². The second-order valence-corrected chi connectivity index (χ2v) is 7.78. The summed E-state index contributed by atoms with van der Waals surface area (Å²) in [6.07, 6.45) is 3.59. The molecule has 0 amide bonds. The highest BCUT2D eigenvalue weighted by Crippen LogP contribution is 2.32. The molecule has 1 saturated heterocycles. The van der Waals surface area contributed by atoms with Crippen LogP contribution in [0.2, 0.25) is 0 Å². The van der Waals surface area contributed by atoms with Crippen molar-refractivity contribution in [1.29, 1.82) is 0 Å². The zero-order valence-corrected chi connectivity index (χ0v) is 15.9. The third kappa shape index (κ3) is 3.86. The molecule has 1 fully saturated rings. The first-order valence-corrected chi connectivity index (χ1v) is 9.35. The van der Waals surface area contributed by atoms with E-state index in [1.165, 1.54) is 36.2 Å². The van der Waals surface area contributed by atoms with E-state index in [2.05, 4.69) is 71.0 Å². The fraction of sp³-hybridized carbons (Fsp3) is 0.526. The van der Waals surface area contributed by atoms with Crippen LogP contribution >= 0.6 is 15.9 Å². The lowest BCUT2D eigenvalue weighted by Crippen LogP contribution is -2.39. The molecule has 23 heavy (non-hydrogen) atoms. The third-order valence-corrected chi connectivity index (χ3v) is 5.14. The Morgan fingerprint density at radius 2 is 2.13 bits per heavy atom. The molecule has 1 aliphatic heterocycles. The van der Waals surface area contributed by atoms with Crippen molar-refractivity contribution in [2.24, 2.45) is 5.92 Å². The maximum atomic E-state index is 4.80. The topological polar surface area (TPSA) is 19.4 Å². The minimum Gasteiger partial charge on any atom is -0.371 e. The van der Waals surface area contributed by atoms with E-state index in [0.29, 0.717) is 0 Å². The molecule has 2 heterocycles. The van der Waals surface area contributed by atoms with E-state index in [-0.39, 0.29) is 0 Å². The number of rotatable bonds is 4. The van der Waals surface area contributed by atoms with Gasteiger partial charge in [-0.25, -0.2) is 0 Å². The first-order valence-electron chi connectivity index (χ1n) is 8.55. The second kappa shape index (κ2) is 7.18. The van der Waals surface area contributed by atoms with Gasteiger partial charge in [-0.1, -0.05) is 22.9 Å². The number of halogens is 1. The molecule has 2 aromatic rings. The number of fused-ring (bicyclic) bond motifs is 1. The predicted molar refractivity (Wildman–Crippen MR) is 102 cm³/mol. The summed E-state index contributed by atoms with van der Waals surface area (Å²) >= 11 is 3.62. The van der Waals surface area contributed by atoms with Crippen molar-refractivity contribution in [3.8, 4) is 0 Å². The lowest BCUT2D eigenvalue weighted by atomic mass is 9.96. The van der Waals surface area contributed by atoms with Gasteiger partial charge < -0.3 is 9.80 Å². The largest absolute Gasteiger partial charge is 0.371 e. The molecule has 0 N–H and O–H groups in total. The monoisotopic (exact) mass is 375 g/mol. The summed E-state index contributed by atoms with van der Waals surface area (Å²) in [7, 11) is 4.35. The molecule has 3 nitrogen and oxygen atoms in total. The Morgan fingerprint density at radius 3 is 2.87 bits per heavy atom. The predicted octanol–water partition coefficient (Wildman–Crippen LogP) is 4.34. The summed E-state index contributed by atoms with van der Waals surface area (Å²) in [5, 5.41) is 1.27. The lowest BCUT2D eigenvalue weighted by molar-refractivity contribution is 0.292. The second-order valence-electron chi connectivity index (χ2n) is 6.86. The van der Waals surface area contributed by atoms with Crippen molar-refractivity contribution >= 4 is 32.5 Å². The number of benzene rings is 1. The van der Waals surface area contributed by atoms with Crippen LogP contribution in [0.3, 0.4) is 0 Å². The maximum absolute atomic E-state index is 4.80. The van der Waals surface area contributed by atoms with Crippen molar-refractivity contribution in [3.05, 3.63) is 34.4 Å². The molecule has 4 heteroatoms. The molecule has 3 rings (SSSR count). The first-order chi connectivity index (χ1) is 11.1. The average molecular weight is 376 g/mol. The maximum Gasteiger partial charge on any atom is 0.0726 e. The Morgan fingerprint density at radius 1 is 1.30 bits per heavy atom. The van der Waals surface area contributed by atoms with Gasteiger partial charge in [-0.3, -0.25) is 4.98 Å². The molecule has 1 aliphatic rings. The number of piperidine rings is 1. The van der Waals surface area contributed by atoms with Gasteiger partial charge in [-0.15, -0.1) is 0 Å². The minimum atomic E-state index is 0.749. The Kier molecular flexibility index (Phi) is 5.22. The molecule has 124 valence electrons. The van der Waals surface area contributed by atoms with Gasteiger partial charge in [-0.2, -0.15) is 0 Å². The van der Waals surface area contributed by atoms with Crippen LogP contribution in [-0.4, -0.2) is 43.6 Å². The van der Waals surface area contributed by atoms with E-state index < -0.39 is 0 Å². The van der Waals surface area contributed by atoms with Crippen LogP contribution < -0.4 is 4.90 Å². The molecule has 0 saturated carbocycles. The Labute approximate surface area is 147 Å². The van der Waals surface area contributed by atoms with Crippen molar-refractivity contribution in [2.75, 3.05) is 38.6 Å². The van der Waals surface area contributed by atoms with Crippen molar-refractivity contribution in [3.63, 3.8) is 0 Å². The number of anilines is 1. The number of hydrogen-bond acceptors (Lipinski definition) is 3. The van der Waals surface area contributed by atoms with Crippen molar-refractivity contribution in [2.45, 2.75) is 26.2 Å². The smallest absolute Gasteiger partial charge is 0.0726 e. The van der Waals surface area contributed by atoms with Crippen LogP contribution in [-0.2, 0) is 6.42 Å². The quantitative estimate of drug-likeness (QED) is 0.792. The summed E-state index contributed by atoms with van der Waals surface area (Å²) in [5.74, 6) is 0.749. The summed E-state index contributed by atoms with van der Waals surface area (Å²) < 4.78 is 1.12. The van der Waals surface area contributed by atoms with Crippen LogP contribution in [0.25, 0.3) is 10.9 Å². The summed E-state index contributed by atoms with van der Waals surface area (Å²) in [6, 6.07) is 8.73. The molecule has 1 aromatic heterocycles. The van der Waals surface area contributed by atoms with E-state index >= 15 is 0 Å². The van der Waals surface area contributed by atoms with Gasteiger partial charge >= 0.3 is 0 Å². The van der Waals surface area contributed by atoms with Crippen LogP contribution in [0.15, 0.2) is 28.7 Å². The molecule has 0 radical (unpaired) electrons. The number of hydrogen-bond donors (Lipinski definition) is 0. The normalized spacial score (nSPS) is 18.8. The summed E-state index contributed by atoms with van der Waals surface area (Å²) in [5.41, 5.74) is 3.65. The Bertz CT molecular complexity index is 684. The SMILES string of the molecule is CCc1cc(N2CCCC(CN(C)C)C2)c2cc(Br)ccc2n1. The average Bonchev–Trinajstić information content (AvgIpc) is 2.53. The van der Waals surface area contributed by atoms with Crippen molar-refractivity contribution in [1.82, 2.24) is 9.88 Å². The number of pyridine rings is 1. The van der Waals surface area contributed by atoms with Gasteiger partial charge in [0, 0.05) is 40.9 Å². The van der Waals surface area contributed by atoms with E-state index in [9.17, 15) is 0 Å². The van der Waals surface area contributed by atoms with E-state index in [0.717, 1.165) is 35.4 Å². The molecule has 0 spiro atoms. The number of aryl methyl sites for hydroxylation is 1. The Balaban J connectivity index is 1.98. The van der Waals surface area contributed by atoms with Gasteiger partial charge in [0.05, 0.1) is 5.52 Å². The number of aromatic nitrogens is 1. The molecule has 1 unspecified atom stereocenters. The van der Waals surface area contributed by atoms with Gasteiger partial charge in [-0.05, 0) is 63.5 Å². The summed E-state index contributed by atoms with van der Waals surface area (Å²) in [4.78, 5) is 9.69. The summed E-state index contributed by atoms with van der Waals surface area (Å²) in [6.45, 7) is 5.65. The molecular formula is C19H26BrN3. The van der Waals surface area contributed by atoms with Crippen LogP contribution in [0.5, 0.6) is 0 Å². The zero-order valence-electron chi connectivity index (χ0n) is 14.3. The van der Waals surface area contributed by atoms with E-state index in [4.69, 9.17) is 4.98 Å². The molecular weight excluding hydrogens is 350 g/mol. The highest BCUT2D eigenvalue weighted by molar-refractivity contribution is 9.10. The fourth-order valence-electron chi connectivity index (χ4n) is 3.63. The number of nitrogens with zero attached hydrogens (tertiary/aromatic N) is 3. The lowest BCUT2D eigenvalue weighted by Gasteiger charge is -2.36. The first kappa shape index (κ1) is 16.7. The third-order valence-electron chi connectivity index (χ3n) is 4.65. The van der Waals surface area contributed by atoms with Crippen LogP contribution in [0, 0.1) is 5.92 Å². The highest BCUT2D eigenvalue weighted by Gasteiger charge is 2.22. The van der Waals surface area contributed by atoms with Gasteiger partial charge in [0.1, 0.15) is 0 Å². The van der Waals surface area contributed by atoms with Crippen LogP contribution in [0.1, 0.15) is 25.5 Å². The van der Waals surface area contributed by atoms with Gasteiger partial charge in [0.15, 0.2) is 0 Å². The van der Waals surface area contributed by atoms with E-state index in [1.807, 2.05) is 0 Å². The van der Waals surface area contributed by atoms with E-state index in [1.54, 1.807) is 0 Å². The minimum absolute atomic E-state index is 0.749. The van der Waals surface area contributed by atoms with Gasteiger partial charge in [0.2, 0.25) is 0 Å². The Hall–Kier alpha value is -1.13. The highest BCUT2D eigenvalue weighted by atomic mass is 79.9. The molecule has 0 aliphatic carbocycles. The molecule has 1 aromatic carbocycles. The van der Waals surface area contributed by atoms with Crippen LogP contribution in [0.4, 0.5) is 5.69 Å². The fourth-order valence-corrected chi connectivity index (χ4v) is 3.99. The standard InChI is InChI=1S/C19H26BrN3/c1-4-16-11-19(17-10-15(20)7-8-18(17)21-16)23-9-5-6-14(13-23)12-22(2)3/h7-8,10-11,14H,4-6,9,12-13H2,1-3H3.